The van der Waals surface area contributed by atoms with E-state index in [1.165, 1.54) is 11.1 Å². The van der Waals surface area contributed by atoms with Gasteiger partial charge in [0.2, 0.25) is 0 Å². The van der Waals surface area contributed by atoms with Crippen LogP contribution in [0.3, 0.4) is 0 Å². The number of rotatable bonds is 5. The van der Waals surface area contributed by atoms with Crippen molar-refractivity contribution < 1.29 is 0 Å². The first kappa shape index (κ1) is 15.2. The molecule has 0 atom stereocenters. The Kier molecular flexibility index (Phi) is 4.64. The Morgan fingerprint density at radius 2 is 1.74 bits per heavy atom. The maximum absolute atomic E-state index is 5.80. The molecule has 0 radical (unpaired) electrons. The molecule has 2 aromatic carbocycles. The van der Waals surface area contributed by atoms with Crippen LogP contribution in [-0.2, 0) is 13.1 Å². The smallest absolute Gasteiger partial charge is 0.104 e. The standard InChI is InChI=1S/C19H20N4/c1-15-7-9-16(10-8-15)11-12-19-18(13-20)21-22-23(19)14-17-5-3-2-4-6-17/h2-12H,13-14,20H2,1H3/b12-11+. The van der Waals surface area contributed by atoms with E-state index in [0.29, 0.717) is 13.1 Å². The molecule has 4 heteroatoms. The number of aryl methyl sites for hydroxylation is 1. The van der Waals surface area contributed by atoms with Crippen LogP contribution in [0.25, 0.3) is 12.2 Å². The summed E-state index contributed by atoms with van der Waals surface area (Å²) >= 11 is 0. The fraction of sp³-hybridized carbons (Fsp3) is 0.158. The number of aromatic nitrogens is 3. The summed E-state index contributed by atoms with van der Waals surface area (Å²) in [4.78, 5) is 0. The first-order valence-electron chi connectivity index (χ1n) is 7.67. The summed E-state index contributed by atoms with van der Waals surface area (Å²) in [6, 6.07) is 18.6. The summed E-state index contributed by atoms with van der Waals surface area (Å²) in [5, 5.41) is 8.44. The molecule has 0 saturated carbocycles. The van der Waals surface area contributed by atoms with Gasteiger partial charge in [0.05, 0.1) is 12.2 Å². The zero-order valence-corrected chi connectivity index (χ0v) is 13.2. The molecule has 0 aliphatic carbocycles. The van der Waals surface area contributed by atoms with Crippen LogP contribution in [0.4, 0.5) is 0 Å². The van der Waals surface area contributed by atoms with Crippen molar-refractivity contribution in [2.45, 2.75) is 20.0 Å². The zero-order valence-electron chi connectivity index (χ0n) is 13.2. The van der Waals surface area contributed by atoms with Gasteiger partial charge in [0.1, 0.15) is 5.69 Å². The van der Waals surface area contributed by atoms with Gasteiger partial charge in [-0.15, -0.1) is 5.10 Å². The van der Waals surface area contributed by atoms with Crippen molar-refractivity contribution in [1.82, 2.24) is 15.0 Å². The van der Waals surface area contributed by atoms with Crippen molar-refractivity contribution in [2.24, 2.45) is 5.73 Å². The van der Waals surface area contributed by atoms with Gasteiger partial charge >= 0.3 is 0 Å². The molecule has 0 amide bonds. The van der Waals surface area contributed by atoms with E-state index >= 15 is 0 Å². The number of nitrogens with zero attached hydrogens (tertiary/aromatic N) is 3. The molecule has 0 aliphatic heterocycles. The van der Waals surface area contributed by atoms with Crippen LogP contribution in [0.15, 0.2) is 54.6 Å². The Balaban J connectivity index is 1.88. The highest BCUT2D eigenvalue weighted by molar-refractivity contribution is 5.69. The van der Waals surface area contributed by atoms with Crippen molar-refractivity contribution in [3.05, 3.63) is 82.7 Å². The summed E-state index contributed by atoms with van der Waals surface area (Å²) < 4.78 is 1.89. The second kappa shape index (κ2) is 7.03. The topological polar surface area (TPSA) is 56.7 Å². The third-order valence-electron chi connectivity index (χ3n) is 3.73. The van der Waals surface area contributed by atoms with Crippen LogP contribution >= 0.6 is 0 Å². The average molecular weight is 304 g/mol. The second-order valence-electron chi connectivity index (χ2n) is 5.51. The van der Waals surface area contributed by atoms with E-state index in [0.717, 1.165) is 17.0 Å². The fourth-order valence-electron chi connectivity index (χ4n) is 2.41. The zero-order chi connectivity index (χ0) is 16.1. The third-order valence-corrected chi connectivity index (χ3v) is 3.73. The predicted octanol–water partition coefficient (Wildman–Crippen LogP) is 3.26. The lowest BCUT2D eigenvalue weighted by molar-refractivity contribution is 0.645. The highest BCUT2D eigenvalue weighted by Crippen LogP contribution is 2.13. The first-order chi connectivity index (χ1) is 11.3. The van der Waals surface area contributed by atoms with Gasteiger partial charge in [0.25, 0.3) is 0 Å². The first-order valence-corrected chi connectivity index (χ1v) is 7.67. The molecule has 2 N–H and O–H groups in total. The minimum atomic E-state index is 0.377. The SMILES string of the molecule is Cc1ccc(/C=C/c2c(CN)nnn2Cc2ccccc2)cc1. The summed E-state index contributed by atoms with van der Waals surface area (Å²) in [7, 11) is 0. The molecule has 0 bridgehead atoms. The molecule has 1 heterocycles. The quantitative estimate of drug-likeness (QED) is 0.787. The Hall–Kier alpha value is -2.72. The lowest BCUT2D eigenvalue weighted by Crippen LogP contribution is -2.05. The predicted molar refractivity (Wildman–Crippen MR) is 93.6 cm³/mol. The van der Waals surface area contributed by atoms with E-state index in [2.05, 4.69) is 59.7 Å². The van der Waals surface area contributed by atoms with Gasteiger partial charge in [-0.1, -0.05) is 71.5 Å². The van der Waals surface area contributed by atoms with Crippen LogP contribution in [0.1, 0.15) is 28.1 Å². The molecule has 0 fully saturated rings. The Bertz CT molecular complexity index is 786. The minimum absolute atomic E-state index is 0.377. The van der Waals surface area contributed by atoms with Crippen molar-refractivity contribution in [2.75, 3.05) is 0 Å². The third kappa shape index (κ3) is 3.73. The second-order valence-corrected chi connectivity index (χ2v) is 5.51. The van der Waals surface area contributed by atoms with Gasteiger partial charge in [-0.25, -0.2) is 4.68 Å². The molecule has 0 aliphatic rings. The van der Waals surface area contributed by atoms with Crippen molar-refractivity contribution in [3.8, 4) is 0 Å². The van der Waals surface area contributed by atoms with E-state index in [9.17, 15) is 0 Å². The molecule has 0 saturated heterocycles. The molecule has 23 heavy (non-hydrogen) atoms. The lowest BCUT2D eigenvalue weighted by Gasteiger charge is -2.04. The Morgan fingerprint density at radius 3 is 2.43 bits per heavy atom. The molecule has 1 aromatic heterocycles. The molecular weight excluding hydrogens is 284 g/mol. The Morgan fingerprint density at radius 1 is 1.00 bits per heavy atom. The van der Waals surface area contributed by atoms with Crippen LogP contribution < -0.4 is 5.73 Å². The van der Waals surface area contributed by atoms with Crippen LogP contribution in [-0.4, -0.2) is 15.0 Å². The summed E-state index contributed by atoms with van der Waals surface area (Å²) in [6.07, 6.45) is 4.11. The molecular formula is C19H20N4. The highest BCUT2D eigenvalue weighted by Gasteiger charge is 2.09. The van der Waals surface area contributed by atoms with Gasteiger partial charge in [-0.3, -0.25) is 0 Å². The van der Waals surface area contributed by atoms with Gasteiger partial charge in [-0.2, -0.15) is 0 Å². The molecule has 3 aromatic rings. The number of hydrogen-bond acceptors (Lipinski definition) is 3. The van der Waals surface area contributed by atoms with Crippen LogP contribution in [0.5, 0.6) is 0 Å². The maximum Gasteiger partial charge on any atom is 0.104 e. The van der Waals surface area contributed by atoms with Gasteiger partial charge in [0, 0.05) is 6.54 Å². The summed E-state index contributed by atoms with van der Waals surface area (Å²) in [5.74, 6) is 0. The van der Waals surface area contributed by atoms with E-state index < -0.39 is 0 Å². The summed E-state index contributed by atoms with van der Waals surface area (Å²) in [6.45, 7) is 3.14. The molecule has 3 rings (SSSR count). The fourth-order valence-corrected chi connectivity index (χ4v) is 2.41. The van der Waals surface area contributed by atoms with Crippen LogP contribution in [0, 0.1) is 6.92 Å². The van der Waals surface area contributed by atoms with Crippen molar-refractivity contribution in [3.63, 3.8) is 0 Å². The molecule has 116 valence electrons. The number of nitrogens with two attached hydrogens (primary N) is 1. The number of hydrogen-bond donors (Lipinski definition) is 1. The van der Waals surface area contributed by atoms with Crippen LogP contribution in [0.2, 0.25) is 0 Å². The van der Waals surface area contributed by atoms with Crippen molar-refractivity contribution >= 4 is 12.2 Å². The maximum atomic E-state index is 5.80. The molecule has 0 spiro atoms. The van der Waals surface area contributed by atoms with E-state index in [1.807, 2.05) is 29.0 Å². The van der Waals surface area contributed by atoms with E-state index in [1.54, 1.807) is 0 Å². The largest absolute Gasteiger partial charge is 0.325 e. The minimum Gasteiger partial charge on any atom is -0.325 e. The lowest BCUT2D eigenvalue weighted by atomic mass is 10.1. The van der Waals surface area contributed by atoms with Crippen molar-refractivity contribution in [1.29, 1.82) is 0 Å². The monoisotopic (exact) mass is 304 g/mol. The van der Waals surface area contributed by atoms with Gasteiger partial charge in [0.15, 0.2) is 0 Å². The molecule has 0 unspecified atom stereocenters. The summed E-state index contributed by atoms with van der Waals surface area (Å²) in [5.41, 5.74) is 11.1. The Labute approximate surface area is 136 Å². The van der Waals surface area contributed by atoms with E-state index in [-0.39, 0.29) is 0 Å². The molecule has 4 nitrogen and oxygen atoms in total. The highest BCUT2D eigenvalue weighted by atomic mass is 15.4. The van der Waals surface area contributed by atoms with Gasteiger partial charge in [-0.05, 0) is 24.1 Å². The van der Waals surface area contributed by atoms with Gasteiger partial charge < -0.3 is 5.73 Å². The average Bonchev–Trinajstić information content (AvgIpc) is 2.97. The number of benzene rings is 2. The van der Waals surface area contributed by atoms with E-state index in [4.69, 9.17) is 5.73 Å². The normalized spacial score (nSPS) is 11.2.